The maximum atomic E-state index is 13.5. The van der Waals surface area contributed by atoms with Gasteiger partial charge >= 0.3 is 0 Å². The Morgan fingerprint density at radius 3 is 2.96 bits per heavy atom. The number of benzene rings is 1. The predicted octanol–water partition coefficient (Wildman–Crippen LogP) is 3.74. The van der Waals surface area contributed by atoms with Crippen molar-refractivity contribution < 1.29 is 9.50 Å². The van der Waals surface area contributed by atoms with Crippen LogP contribution in [0.15, 0.2) is 55.1 Å². The molecule has 6 nitrogen and oxygen atoms in total. The van der Waals surface area contributed by atoms with E-state index < -0.39 is 5.82 Å². The highest BCUT2D eigenvalue weighted by Gasteiger charge is 2.14. The first kappa shape index (κ1) is 15.2. The lowest BCUT2D eigenvalue weighted by atomic mass is 10.1. The summed E-state index contributed by atoms with van der Waals surface area (Å²) in [5, 5.41) is 17.4. The van der Waals surface area contributed by atoms with Crippen LogP contribution in [-0.2, 0) is 0 Å². The van der Waals surface area contributed by atoms with Crippen LogP contribution >= 0.6 is 0 Å². The van der Waals surface area contributed by atoms with Gasteiger partial charge in [-0.25, -0.2) is 13.9 Å². The van der Waals surface area contributed by atoms with E-state index in [9.17, 15) is 9.50 Å². The Balaban J connectivity index is 1.68. The predicted molar refractivity (Wildman–Crippen MR) is 92.9 cm³/mol. The molecule has 0 aliphatic carbocycles. The lowest BCUT2D eigenvalue weighted by Gasteiger charge is -2.16. The summed E-state index contributed by atoms with van der Waals surface area (Å²) in [7, 11) is 0. The molecule has 1 atom stereocenters. The molecule has 0 amide bonds. The van der Waals surface area contributed by atoms with E-state index in [0.717, 1.165) is 11.1 Å². The van der Waals surface area contributed by atoms with Crippen LogP contribution in [0.2, 0.25) is 0 Å². The molecular weight excluding hydrogens is 321 g/mol. The molecule has 25 heavy (non-hydrogen) atoms. The van der Waals surface area contributed by atoms with Crippen LogP contribution in [0.5, 0.6) is 5.75 Å². The first-order chi connectivity index (χ1) is 12.1. The molecule has 3 heterocycles. The van der Waals surface area contributed by atoms with Gasteiger partial charge in [0, 0.05) is 35.3 Å². The summed E-state index contributed by atoms with van der Waals surface area (Å²) in [6.07, 6.45) is 7.29. The summed E-state index contributed by atoms with van der Waals surface area (Å²) in [6.45, 7) is 1.84. The first-order valence-electron chi connectivity index (χ1n) is 7.84. The standard InChI is InChI=1S/C18H16FN5O/c1-11(14-8-13(19)2-3-16(14)25)22-17-5-7-24-18(23-17)15(10-21-24)12-4-6-20-9-12/h2-11,20,25H,1H3,(H,22,23). The number of hydrogen-bond acceptors (Lipinski definition) is 4. The van der Waals surface area contributed by atoms with Crippen LogP contribution < -0.4 is 5.32 Å². The van der Waals surface area contributed by atoms with E-state index in [4.69, 9.17) is 0 Å². The van der Waals surface area contributed by atoms with Crippen molar-refractivity contribution in [1.82, 2.24) is 19.6 Å². The van der Waals surface area contributed by atoms with Gasteiger partial charge in [-0.3, -0.25) is 0 Å². The van der Waals surface area contributed by atoms with E-state index in [-0.39, 0.29) is 11.8 Å². The van der Waals surface area contributed by atoms with Crippen molar-refractivity contribution in [3.8, 4) is 16.9 Å². The molecule has 1 unspecified atom stereocenters. The van der Waals surface area contributed by atoms with Gasteiger partial charge in [-0.2, -0.15) is 5.10 Å². The molecule has 4 rings (SSSR count). The second-order valence-corrected chi connectivity index (χ2v) is 5.81. The topological polar surface area (TPSA) is 78.2 Å². The van der Waals surface area contributed by atoms with Gasteiger partial charge in [0.2, 0.25) is 0 Å². The van der Waals surface area contributed by atoms with Gasteiger partial charge in [0.05, 0.1) is 12.2 Å². The van der Waals surface area contributed by atoms with Crippen LogP contribution in [-0.4, -0.2) is 24.7 Å². The number of aromatic nitrogens is 4. The molecule has 4 aromatic rings. The highest BCUT2D eigenvalue weighted by Crippen LogP contribution is 2.28. The highest BCUT2D eigenvalue weighted by molar-refractivity contribution is 5.77. The Morgan fingerprint density at radius 1 is 1.28 bits per heavy atom. The molecule has 1 aromatic carbocycles. The van der Waals surface area contributed by atoms with Crippen LogP contribution in [0.3, 0.4) is 0 Å². The number of halogens is 1. The molecule has 0 bridgehead atoms. The fourth-order valence-corrected chi connectivity index (χ4v) is 2.82. The smallest absolute Gasteiger partial charge is 0.165 e. The fourth-order valence-electron chi connectivity index (χ4n) is 2.82. The van der Waals surface area contributed by atoms with Crippen molar-refractivity contribution in [3.63, 3.8) is 0 Å². The lowest BCUT2D eigenvalue weighted by molar-refractivity contribution is 0.462. The van der Waals surface area contributed by atoms with Gasteiger partial charge in [-0.05, 0) is 37.3 Å². The number of hydrogen-bond donors (Lipinski definition) is 3. The van der Waals surface area contributed by atoms with Crippen LogP contribution in [0.1, 0.15) is 18.5 Å². The van der Waals surface area contributed by atoms with Crippen molar-refractivity contribution in [1.29, 1.82) is 0 Å². The van der Waals surface area contributed by atoms with Gasteiger partial charge in [0.15, 0.2) is 5.65 Å². The van der Waals surface area contributed by atoms with Crippen LogP contribution in [0.4, 0.5) is 10.2 Å². The summed E-state index contributed by atoms with van der Waals surface area (Å²) >= 11 is 0. The maximum Gasteiger partial charge on any atom is 0.165 e. The Morgan fingerprint density at radius 2 is 2.16 bits per heavy atom. The average Bonchev–Trinajstić information content (AvgIpc) is 3.25. The largest absolute Gasteiger partial charge is 0.508 e. The summed E-state index contributed by atoms with van der Waals surface area (Å²) in [4.78, 5) is 7.63. The summed E-state index contributed by atoms with van der Waals surface area (Å²) in [6, 6.07) is 7.31. The van der Waals surface area contributed by atoms with Gasteiger partial charge < -0.3 is 15.4 Å². The van der Waals surface area contributed by atoms with E-state index >= 15 is 0 Å². The summed E-state index contributed by atoms with van der Waals surface area (Å²) < 4.78 is 15.1. The first-order valence-corrected chi connectivity index (χ1v) is 7.84. The number of anilines is 1. The van der Waals surface area contributed by atoms with E-state index in [0.29, 0.717) is 17.0 Å². The average molecular weight is 337 g/mol. The third kappa shape index (κ3) is 2.80. The van der Waals surface area contributed by atoms with Crippen LogP contribution in [0, 0.1) is 5.82 Å². The summed E-state index contributed by atoms with van der Waals surface area (Å²) in [5.74, 6) is 0.260. The zero-order chi connectivity index (χ0) is 17.4. The molecular formula is C18H16FN5O. The second-order valence-electron chi connectivity index (χ2n) is 5.81. The minimum absolute atomic E-state index is 0.0415. The number of phenols is 1. The van der Waals surface area contributed by atoms with Crippen molar-refractivity contribution in [2.75, 3.05) is 5.32 Å². The van der Waals surface area contributed by atoms with Crippen LogP contribution in [0.25, 0.3) is 16.8 Å². The minimum atomic E-state index is -0.393. The fraction of sp³-hybridized carbons (Fsp3) is 0.111. The normalized spacial score (nSPS) is 12.4. The Labute approximate surface area is 143 Å². The zero-order valence-electron chi connectivity index (χ0n) is 13.4. The molecule has 126 valence electrons. The van der Waals surface area contributed by atoms with Crippen molar-refractivity contribution in [2.24, 2.45) is 0 Å². The van der Waals surface area contributed by atoms with Gasteiger partial charge in [0.25, 0.3) is 0 Å². The monoisotopic (exact) mass is 337 g/mol. The molecule has 3 N–H and O–H groups in total. The number of nitrogens with zero attached hydrogens (tertiary/aromatic N) is 3. The Kier molecular flexibility index (Phi) is 3.61. The molecule has 0 spiro atoms. The van der Waals surface area contributed by atoms with Crippen molar-refractivity contribution >= 4 is 11.5 Å². The number of rotatable bonds is 4. The summed E-state index contributed by atoms with van der Waals surface area (Å²) in [5.41, 5.74) is 3.09. The lowest BCUT2D eigenvalue weighted by Crippen LogP contribution is -2.09. The quantitative estimate of drug-likeness (QED) is 0.530. The third-order valence-corrected chi connectivity index (χ3v) is 4.10. The van der Waals surface area contributed by atoms with Crippen molar-refractivity contribution in [3.05, 3.63) is 66.5 Å². The second kappa shape index (κ2) is 5.94. The van der Waals surface area contributed by atoms with E-state index in [1.807, 2.05) is 25.4 Å². The molecule has 0 aliphatic rings. The van der Waals surface area contributed by atoms with Crippen molar-refractivity contribution in [2.45, 2.75) is 13.0 Å². The number of H-pyrrole nitrogens is 1. The molecule has 0 radical (unpaired) electrons. The molecule has 7 heteroatoms. The van der Waals surface area contributed by atoms with Gasteiger partial charge in [-0.15, -0.1) is 0 Å². The molecule has 0 saturated heterocycles. The minimum Gasteiger partial charge on any atom is -0.508 e. The SMILES string of the molecule is CC(Nc1ccn2ncc(-c3cc[nH]c3)c2n1)c1cc(F)ccc1O. The third-order valence-electron chi connectivity index (χ3n) is 4.10. The molecule has 0 fully saturated rings. The number of aromatic amines is 1. The zero-order valence-corrected chi connectivity index (χ0v) is 13.4. The molecule has 3 aromatic heterocycles. The highest BCUT2D eigenvalue weighted by atomic mass is 19.1. The van der Waals surface area contributed by atoms with E-state index in [1.165, 1.54) is 18.2 Å². The Hall–Kier alpha value is -3.35. The number of nitrogens with one attached hydrogen (secondary N) is 2. The van der Waals surface area contributed by atoms with E-state index in [2.05, 4.69) is 20.4 Å². The molecule has 0 saturated carbocycles. The Bertz CT molecular complexity index is 1030. The van der Waals surface area contributed by atoms with Gasteiger partial charge in [0.1, 0.15) is 17.4 Å². The van der Waals surface area contributed by atoms with Gasteiger partial charge in [-0.1, -0.05) is 0 Å². The molecule has 0 aliphatic heterocycles. The number of phenolic OH excluding ortho intramolecular Hbond substituents is 1. The number of fused-ring (bicyclic) bond motifs is 1. The maximum absolute atomic E-state index is 13.5. The number of aromatic hydroxyl groups is 1. The van der Waals surface area contributed by atoms with E-state index in [1.54, 1.807) is 23.0 Å².